The maximum Gasteiger partial charge on any atom is 0.411 e. The molecule has 1 atom stereocenters. The Balaban J connectivity index is 2.03. The molecule has 136 valence electrons. The molecule has 0 bridgehead atoms. The van der Waals surface area contributed by atoms with Gasteiger partial charge in [-0.25, -0.2) is 4.68 Å². The Morgan fingerprint density at radius 1 is 1.32 bits per heavy atom. The number of hydrogen-bond acceptors (Lipinski definition) is 3. The van der Waals surface area contributed by atoms with Crippen LogP contribution in [0, 0.1) is 0 Å². The molecular formula is C17H20F3N3O2. The van der Waals surface area contributed by atoms with E-state index in [-0.39, 0.29) is 12.5 Å². The molecule has 1 heterocycles. The highest BCUT2D eigenvalue weighted by Gasteiger charge is 2.28. The number of carbonyl (C=O) groups excluding carboxylic acids is 1. The molecular weight excluding hydrogens is 335 g/mol. The molecule has 2 aromatic rings. The van der Waals surface area contributed by atoms with Gasteiger partial charge in [-0.2, -0.15) is 18.3 Å². The van der Waals surface area contributed by atoms with Crippen molar-refractivity contribution >= 4 is 5.91 Å². The molecule has 1 aromatic heterocycles. The number of nitrogens with one attached hydrogen (secondary N) is 1. The summed E-state index contributed by atoms with van der Waals surface area (Å²) >= 11 is 0. The fourth-order valence-corrected chi connectivity index (χ4v) is 2.39. The molecule has 1 N–H and O–H groups in total. The van der Waals surface area contributed by atoms with Gasteiger partial charge in [0.25, 0.3) is 5.91 Å². The predicted octanol–water partition coefficient (Wildman–Crippen LogP) is 3.13. The van der Waals surface area contributed by atoms with Crippen molar-refractivity contribution in [3.05, 3.63) is 47.8 Å². The van der Waals surface area contributed by atoms with E-state index in [0.29, 0.717) is 12.0 Å². The summed E-state index contributed by atoms with van der Waals surface area (Å²) in [5, 5.41) is 6.89. The SMILES string of the molecule is CCc1c(C(=O)NC(C)COCC(F)(F)F)cnn1-c1ccccc1. The third-order valence-corrected chi connectivity index (χ3v) is 3.46. The number of halogens is 3. The van der Waals surface area contributed by atoms with Crippen molar-refractivity contribution in [3.8, 4) is 5.69 Å². The summed E-state index contributed by atoms with van der Waals surface area (Å²) in [6.45, 7) is 1.93. The Bertz CT molecular complexity index is 699. The molecule has 1 aromatic carbocycles. The Morgan fingerprint density at radius 3 is 2.60 bits per heavy atom. The molecule has 25 heavy (non-hydrogen) atoms. The van der Waals surface area contributed by atoms with Crippen LogP contribution in [0.2, 0.25) is 0 Å². The minimum atomic E-state index is -4.38. The van der Waals surface area contributed by atoms with Crippen LogP contribution in [0.3, 0.4) is 0 Å². The second kappa shape index (κ2) is 8.15. The lowest BCUT2D eigenvalue weighted by atomic mass is 10.1. The van der Waals surface area contributed by atoms with Crippen LogP contribution in [0.1, 0.15) is 29.9 Å². The van der Waals surface area contributed by atoms with Crippen LogP contribution in [0.25, 0.3) is 5.69 Å². The number of aromatic nitrogens is 2. The van der Waals surface area contributed by atoms with Crippen LogP contribution in [0.5, 0.6) is 0 Å². The third-order valence-electron chi connectivity index (χ3n) is 3.46. The van der Waals surface area contributed by atoms with Gasteiger partial charge < -0.3 is 10.1 Å². The molecule has 0 saturated heterocycles. The Labute approximate surface area is 143 Å². The molecule has 0 aliphatic rings. The standard InChI is InChI=1S/C17H20F3N3O2/c1-3-15-14(9-21-23(15)13-7-5-4-6-8-13)16(24)22-12(2)10-25-11-17(18,19)20/h4-9,12H,3,10-11H2,1-2H3,(H,22,24). The van der Waals surface area contributed by atoms with Crippen molar-refractivity contribution in [1.29, 1.82) is 0 Å². The van der Waals surface area contributed by atoms with E-state index < -0.39 is 18.8 Å². The van der Waals surface area contributed by atoms with E-state index in [1.54, 1.807) is 11.6 Å². The fraction of sp³-hybridized carbons (Fsp3) is 0.412. The van der Waals surface area contributed by atoms with Gasteiger partial charge in [-0.3, -0.25) is 4.79 Å². The van der Waals surface area contributed by atoms with E-state index >= 15 is 0 Å². The first-order valence-corrected chi connectivity index (χ1v) is 7.89. The molecule has 0 spiro atoms. The van der Waals surface area contributed by atoms with Crippen LogP contribution >= 0.6 is 0 Å². The molecule has 0 aliphatic carbocycles. The first-order chi connectivity index (χ1) is 11.8. The van der Waals surface area contributed by atoms with Gasteiger partial charge >= 0.3 is 6.18 Å². The normalized spacial score (nSPS) is 12.8. The zero-order chi connectivity index (χ0) is 18.4. The van der Waals surface area contributed by atoms with E-state index in [1.807, 2.05) is 37.3 Å². The molecule has 2 rings (SSSR count). The van der Waals surface area contributed by atoms with Crippen molar-refractivity contribution in [3.63, 3.8) is 0 Å². The fourth-order valence-electron chi connectivity index (χ4n) is 2.39. The Hall–Kier alpha value is -2.35. The molecule has 0 fully saturated rings. The van der Waals surface area contributed by atoms with Gasteiger partial charge in [0.05, 0.1) is 29.7 Å². The topological polar surface area (TPSA) is 56.1 Å². The maximum absolute atomic E-state index is 12.4. The molecule has 5 nitrogen and oxygen atoms in total. The number of ether oxygens (including phenoxy) is 1. The summed E-state index contributed by atoms with van der Waals surface area (Å²) in [5.74, 6) is -0.387. The summed E-state index contributed by atoms with van der Waals surface area (Å²) in [6.07, 6.45) is -2.34. The molecule has 0 aliphatic heterocycles. The van der Waals surface area contributed by atoms with Gasteiger partial charge in [0, 0.05) is 6.04 Å². The average Bonchev–Trinajstić information content (AvgIpc) is 2.98. The molecule has 0 radical (unpaired) electrons. The lowest BCUT2D eigenvalue weighted by Crippen LogP contribution is -2.37. The summed E-state index contributed by atoms with van der Waals surface area (Å²) in [7, 11) is 0. The van der Waals surface area contributed by atoms with Crippen molar-refractivity contribution in [2.24, 2.45) is 0 Å². The average molecular weight is 355 g/mol. The number of hydrogen-bond donors (Lipinski definition) is 1. The number of rotatable bonds is 7. The lowest BCUT2D eigenvalue weighted by Gasteiger charge is -2.15. The van der Waals surface area contributed by atoms with Gasteiger partial charge in [-0.15, -0.1) is 0 Å². The van der Waals surface area contributed by atoms with Crippen LogP contribution in [-0.2, 0) is 11.2 Å². The van der Waals surface area contributed by atoms with E-state index in [9.17, 15) is 18.0 Å². The number of carbonyl (C=O) groups is 1. The quantitative estimate of drug-likeness (QED) is 0.830. The van der Waals surface area contributed by atoms with Crippen LogP contribution in [0.15, 0.2) is 36.5 Å². The number of nitrogens with zero attached hydrogens (tertiary/aromatic N) is 2. The summed E-state index contributed by atoms with van der Waals surface area (Å²) < 4.78 is 42.5. The van der Waals surface area contributed by atoms with Gasteiger partial charge in [0.2, 0.25) is 0 Å². The minimum Gasteiger partial charge on any atom is -0.370 e. The molecule has 0 saturated carbocycles. The van der Waals surface area contributed by atoms with Gasteiger partial charge in [-0.05, 0) is 25.5 Å². The predicted molar refractivity (Wildman–Crippen MR) is 86.7 cm³/mol. The smallest absolute Gasteiger partial charge is 0.370 e. The van der Waals surface area contributed by atoms with E-state index in [1.165, 1.54) is 6.20 Å². The highest BCUT2D eigenvalue weighted by Crippen LogP contribution is 2.16. The summed E-state index contributed by atoms with van der Waals surface area (Å²) in [4.78, 5) is 12.4. The highest BCUT2D eigenvalue weighted by molar-refractivity contribution is 5.95. The monoisotopic (exact) mass is 355 g/mol. The number of amides is 1. The molecule has 8 heteroatoms. The second-order valence-corrected chi connectivity index (χ2v) is 5.61. The van der Waals surface area contributed by atoms with Crippen molar-refractivity contribution in [1.82, 2.24) is 15.1 Å². The van der Waals surface area contributed by atoms with Crippen LogP contribution in [0.4, 0.5) is 13.2 Å². The maximum atomic E-state index is 12.4. The number of benzene rings is 1. The Morgan fingerprint density at radius 2 is 2.00 bits per heavy atom. The van der Waals surface area contributed by atoms with Gasteiger partial charge in [0.15, 0.2) is 0 Å². The van der Waals surface area contributed by atoms with Crippen LogP contribution in [-0.4, -0.2) is 41.1 Å². The molecule has 1 amide bonds. The largest absolute Gasteiger partial charge is 0.411 e. The van der Waals surface area contributed by atoms with Crippen LogP contribution < -0.4 is 5.32 Å². The minimum absolute atomic E-state index is 0.223. The summed E-state index contributed by atoms with van der Waals surface area (Å²) in [6, 6.07) is 8.82. The van der Waals surface area contributed by atoms with Crippen molar-refractivity contribution in [2.45, 2.75) is 32.5 Å². The lowest BCUT2D eigenvalue weighted by molar-refractivity contribution is -0.174. The second-order valence-electron chi connectivity index (χ2n) is 5.61. The van der Waals surface area contributed by atoms with Gasteiger partial charge in [0.1, 0.15) is 6.61 Å². The highest BCUT2D eigenvalue weighted by atomic mass is 19.4. The number of para-hydroxylation sites is 1. The van der Waals surface area contributed by atoms with E-state index in [0.717, 1.165) is 11.4 Å². The first kappa shape index (κ1) is 19.0. The zero-order valence-electron chi connectivity index (χ0n) is 14.0. The third kappa shape index (κ3) is 5.32. The molecule has 1 unspecified atom stereocenters. The van der Waals surface area contributed by atoms with Gasteiger partial charge in [-0.1, -0.05) is 25.1 Å². The first-order valence-electron chi connectivity index (χ1n) is 7.89. The van der Waals surface area contributed by atoms with E-state index in [2.05, 4.69) is 15.2 Å². The van der Waals surface area contributed by atoms with E-state index in [4.69, 9.17) is 0 Å². The zero-order valence-corrected chi connectivity index (χ0v) is 14.0. The van der Waals surface area contributed by atoms with Crippen molar-refractivity contribution in [2.75, 3.05) is 13.2 Å². The Kier molecular flexibility index (Phi) is 6.19. The van der Waals surface area contributed by atoms with Crippen molar-refractivity contribution < 1.29 is 22.7 Å². The summed E-state index contributed by atoms with van der Waals surface area (Å²) in [5.41, 5.74) is 1.96. The number of alkyl halides is 3.